The number of H-pyrrole nitrogens is 1. The van der Waals surface area contributed by atoms with Gasteiger partial charge in [0.15, 0.2) is 11.8 Å². The lowest BCUT2D eigenvalue weighted by Gasteiger charge is -2.08. The summed E-state index contributed by atoms with van der Waals surface area (Å²) in [6.45, 7) is 1.25. The number of anilines is 1. The van der Waals surface area contributed by atoms with E-state index in [1.165, 1.54) is 0 Å². The number of hydrogen-bond donors (Lipinski definition) is 5. The number of rotatable bonds is 7. The predicted octanol–water partition coefficient (Wildman–Crippen LogP) is 0.776. The van der Waals surface area contributed by atoms with Crippen molar-refractivity contribution in [3.63, 3.8) is 0 Å². The Labute approximate surface area is 138 Å². The van der Waals surface area contributed by atoms with E-state index in [0.717, 1.165) is 12.0 Å². The zero-order valence-electron chi connectivity index (χ0n) is 13.1. The third kappa shape index (κ3) is 3.94. The molecule has 1 aromatic carbocycles. The molecule has 0 spiro atoms. The van der Waals surface area contributed by atoms with Gasteiger partial charge in [-0.05, 0) is 12.0 Å². The maximum atomic E-state index is 7.14. The van der Waals surface area contributed by atoms with Crippen molar-refractivity contribution < 1.29 is 0 Å². The maximum absolute atomic E-state index is 7.14. The van der Waals surface area contributed by atoms with E-state index in [0.29, 0.717) is 42.3 Å². The maximum Gasteiger partial charge on any atom is 0.207 e. The number of aromatic nitrogens is 5. The fourth-order valence-corrected chi connectivity index (χ4v) is 2.28. The van der Waals surface area contributed by atoms with Gasteiger partial charge in [0, 0.05) is 19.5 Å². The van der Waals surface area contributed by atoms with Crippen LogP contribution in [0, 0.1) is 5.41 Å². The minimum Gasteiger partial charge on any atom is -0.370 e. The number of aromatic amines is 1. The van der Waals surface area contributed by atoms with Gasteiger partial charge in [-0.3, -0.25) is 10.5 Å². The molecule has 124 valence electrons. The molecule has 0 atom stereocenters. The number of aryl methyl sites for hydroxylation is 1. The summed E-state index contributed by atoms with van der Waals surface area (Å²) in [5, 5.41) is 23.8. The van der Waals surface area contributed by atoms with Crippen LogP contribution in [0.25, 0.3) is 11.2 Å². The summed E-state index contributed by atoms with van der Waals surface area (Å²) in [6, 6.07) is 10.1. The number of benzene rings is 1. The summed E-state index contributed by atoms with van der Waals surface area (Å²) < 4.78 is 0. The van der Waals surface area contributed by atoms with Crippen LogP contribution in [0.15, 0.2) is 30.3 Å². The van der Waals surface area contributed by atoms with Gasteiger partial charge < -0.3 is 16.4 Å². The summed E-state index contributed by atoms with van der Waals surface area (Å²) in [6.07, 6.45) is 1.42. The highest BCUT2D eigenvalue weighted by molar-refractivity contribution is 5.81. The molecular formula is C15H19N9. The molecule has 9 heteroatoms. The van der Waals surface area contributed by atoms with Gasteiger partial charge in [-0.15, -0.1) is 5.10 Å². The molecule has 3 rings (SSSR count). The van der Waals surface area contributed by atoms with Gasteiger partial charge in [0.2, 0.25) is 5.65 Å². The molecule has 24 heavy (non-hydrogen) atoms. The van der Waals surface area contributed by atoms with Gasteiger partial charge in [-0.2, -0.15) is 0 Å². The minimum atomic E-state index is -0.0342. The molecule has 0 amide bonds. The highest BCUT2D eigenvalue weighted by Gasteiger charge is 2.10. The molecule has 0 bridgehead atoms. The Morgan fingerprint density at radius 2 is 2.04 bits per heavy atom. The molecule has 0 radical (unpaired) electrons. The molecule has 0 unspecified atom stereocenters. The Morgan fingerprint density at radius 1 is 1.21 bits per heavy atom. The lowest BCUT2D eigenvalue weighted by Crippen LogP contribution is -2.31. The Hall–Kier alpha value is -3.23. The van der Waals surface area contributed by atoms with Crippen LogP contribution in [0.1, 0.15) is 17.8 Å². The molecule has 0 fully saturated rings. The molecule has 0 saturated carbocycles. The van der Waals surface area contributed by atoms with E-state index in [4.69, 9.17) is 11.1 Å². The van der Waals surface area contributed by atoms with Crippen molar-refractivity contribution in [3.05, 3.63) is 41.7 Å². The number of fused-ring (bicyclic) bond motifs is 1. The summed E-state index contributed by atoms with van der Waals surface area (Å²) in [4.78, 5) is 8.96. The third-order valence-corrected chi connectivity index (χ3v) is 3.44. The average Bonchev–Trinajstić information content (AvgIpc) is 3.06. The van der Waals surface area contributed by atoms with Crippen LogP contribution < -0.4 is 16.4 Å². The normalized spacial score (nSPS) is 10.7. The first-order valence-corrected chi connectivity index (χ1v) is 7.66. The van der Waals surface area contributed by atoms with Crippen LogP contribution >= 0.6 is 0 Å². The van der Waals surface area contributed by atoms with E-state index in [2.05, 4.69) is 36.0 Å². The first-order valence-electron chi connectivity index (χ1n) is 7.66. The van der Waals surface area contributed by atoms with E-state index < -0.39 is 0 Å². The second-order valence-electron chi connectivity index (χ2n) is 5.28. The zero-order chi connectivity index (χ0) is 16.8. The van der Waals surface area contributed by atoms with Crippen molar-refractivity contribution in [2.75, 3.05) is 11.9 Å². The molecular weight excluding hydrogens is 306 g/mol. The predicted molar refractivity (Wildman–Crippen MR) is 91.5 cm³/mol. The molecule has 0 saturated heterocycles. The van der Waals surface area contributed by atoms with Crippen LogP contribution in [-0.2, 0) is 13.0 Å². The van der Waals surface area contributed by atoms with Crippen molar-refractivity contribution in [2.24, 2.45) is 5.73 Å². The zero-order valence-corrected chi connectivity index (χ0v) is 13.1. The second kappa shape index (κ2) is 7.36. The Balaban J connectivity index is 1.71. The smallest absolute Gasteiger partial charge is 0.207 e. The highest BCUT2D eigenvalue weighted by Crippen LogP contribution is 2.17. The molecule has 2 aromatic heterocycles. The van der Waals surface area contributed by atoms with Crippen LogP contribution in [-0.4, -0.2) is 37.9 Å². The van der Waals surface area contributed by atoms with Gasteiger partial charge in [-0.25, -0.2) is 9.97 Å². The highest BCUT2D eigenvalue weighted by atomic mass is 15.4. The van der Waals surface area contributed by atoms with Crippen LogP contribution in [0.4, 0.5) is 5.82 Å². The molecule has 9 nitrogen and oxygen atoms in total. The lowest BCUT2D eigenvalue weighted by atomic mass is 10.2. The number of nitrogens with zero attached hydrogens (tertiary/aromatic N) is 4. The summed E-state index contributed by atoms with van der Waals surface area (Å²) in [5.41, 5.74) is 7.64. The molecule has 0 aliphatic heterocycles. The molecule has 6 N–H and O–H groups in total. The Bertz CT molecular complexity index is 812. The molecule has 0 aliphatic carbocycles. The van der Waals surface area contributed by atoms with Crippen LogP contribution in [0.3, 0.4) is 0 Å². The largest absolute Gasteiger partial charge is 0.370 e. The van der Waals surface area contributed by atoms with Gasteiger partial charge in [0.05, 0.1) is 0 Å². The fourth-order valence-electron chi connectivity index (χ4n) is 2.28. The topological polar surface area (TPSA) is 141 Å². The van der Waals surface area contributed by atoms with Gasteiger partial charge in [0.1, 0.15) is 11.3 Å². The van der Waals surface area contributed by atoms with Crippen molar-refractivity contribution >= 4 is 22.9 Å². The molecule has 2 heterocycles. The minimum absolute atomic E-state index is 0.0342. The van der Waals surface area contributed by atoms with E-state index in [1.54, 1.807) is 0 Å². The van der Waals surface area contributed by atoms with Crippen molar-refractivity contribution in [2.45, 2.75) is 19.4 Å². The van der Waals surface area contributed by atoms with E-state index in [-0.39, 0.29) is 5.96 Å². The third-order valence-electron chi connectivity index (χ3n) is 3.44. The first kappa shape index (κ1) is 15.7. The lowest BCUT2D eigenvalue weighted by molar-refractivity contribution is 0.738. The Morgan fingerprint density at radius 3 is 2.83 bits per heavy atom. The summed E-state index contributed by atoms with van der Waals surface area (Å²) >= 11 is 0. The van der Waals surface area contributed by atoms with E-state index >= 15 is 0 Å². The first-order chi connectivity index (χ1) is 11.7. The molecule has 0 aliphatic rings. The van der Waals surface area contributed by atoms with Gasteiger partial charge >= 0.3 is 0 Å². The average molecular weight is 325 g/mol. The van der Waals surface area contributed by atoms with Crippen LogP contribution in [0.2, 0.25) is 0 Å². The number of nitrogens with one attached hydrogen (secondary N) is 4. The molecule has 3 aromatic rings. The number of nitrogens with two attached hydrogens (primary N) is 1. The Kier molecular flexibility index (Phi) is 4.80. The number of hydrogen-bond acceptors (Lipinski definition) is 6. The fraction of sp³-hybridized carbons (Fsp3) is 0.267. The van der Waals surface area contributed by atoms with Gasteiger partial charge in [0.25, 0.3) is 0 Å². The van der Waals surface area contributed by atoms with Crippen molar-refractivity contribution in [1.29, 1.82) is 5.41 Å². The number of guanidine groups is 1. The quantitative estimate of drug-likeness (QED) is 0.245. The van der Waals surface area contributed by atoms with E-state index in [1.807, 2.05) is 30.3 Å². The monoisotopic (exact) mass is 325 g/mol. The van der Waals surface area contributed by atoms with Crippen LogP contribution in [0.5, 0.6) is 0 Å². The summed E-state index contributed by atoms with van der Waals surface area (Å²) in [7, 11) is 0. The summed E-state index contributed by atoms with van der Waals surface area (Å²) in [5.74, 6) is 1.33. The van der Waals surface area contributed by atoms with Gasteiger partial charge in [-0.1, -0.05) is 35.5 Å². The van der Waals surface area contributed by atoms with Crippen molar-refractivity contribution in [1.82, 2.24) is 30.7 Å². The second-order valence-corrected chi connectivity index (χ2v) is 5.28. The van der Waals surface area contributed by atoms with E-state index in [9.17, 15) is 0 Å². The SMILES string of the molecule is N=C(N)NCCCc1nc(NCc2ccccc2)c2[nH]nnc2n1. The van der Waals surface area contributed by atoms with Crippen molar-refractivity contribution in [3.8, 4) is 0 Å². The standard InChI is InChI=1S/C15H19N9/c16-15(17)18-8-4-7-11-20-13(12-14(21-11)23-24-22-12)19-9-10-5-2-1-3-6-10/h1-3,5-6H,4,7-9H2,(H4,16,17,18)(H2,19,20,21,22,23,24).